The second-order valence-corrected chi connectivity index (χ2v) is 5.48. The molecule has 0 aromatic carbocycles. The van der Waals surface area contributed by atoms with Gasteiger partial charge in [-0.1, -0.05) is 0 Å². The molecule has 0 amide bonds. The van der Waals surface area contributed by atoms with Crippen molar-refractivity contribution in [1.29, 1.82) is 0 Å². The summed E-state index contributed by atoms with van der Waals surface area (Å²) in [5.41, 5.74) is -0.484. The van der Waals surface area contributed by atoms with Crippen LogP contribution in [-0.4, -0.2) is 47.4 Å². The number of likely N-dealkylation sites (tertiary alicyclic amines) is 1. The van der Waals surface area contributed by atoms with Crippen LogP contribution in [0.15, 0.2) is 0 Å². The summed E-state index contributed by atoms with van der Waals surface area (Å²) in [4.78, 5) is 2.35. The van der Waals surface area contributed by atoms with E-state index in [1.54, 1.807) is 0 Å². The first-order chi connectivity index (χ1) is 7.05. The molecule has 2 aliphatic rings. The highest BCUT2D eigenvalue weighted by atomic mass is 16.5. The zero-order valence-corrected chi connectivity index (χ0v) is 9.91. The topological polar surface area (TPSA) is 32.7 Å². The molecular formula is C12H23NO2. The predicted octanol–water partition coefficient (Wildman–Crippen LogP) is 1.40. The van der Waals surface area contributed by atoms with Crippen LogP contribution in [0.25, 0.3) is 0 Å². The number of piperidine rings is 1. The third-order valence-corrected chi connectivity index (χ3v) is 3.54. The lowest BCUT2D eigenvalue weighted by atomic mass is 9.95. The Labute approximate surface area is 92.4 Å². The van der Waals surface area contributed by atoms with E-state index in [2.05, 4.69) is 11.8 Å². The van der Waals surface area contributed by atoms with Crippen molar-refractivity contribution in [3.8, 4) is 0 Å². The Morgan fingerprint density at radius 1 is 1.47 bits per heavy atom. The molecule has 0 saturated carbocycles. The zero-order valence-electron chi connectivity index (χ0n) is 9.91. The Hall–Kier alpha value is -0.120. The monoisotopic (exact) mass is 213 g/mol. The fourth-order valence-electron chi connectivity index (χ4n) is 2.79. The highest BCUT2D eigenvalue weighted by Crippen LogP contribution is 2.24. The highest BCUT2D eigenvalue weighted by Gasteiger charge is 2.31. The molecule has 3 heteroatoms. The first-order valence-electron chi connectivity index (χ1n) is 6.15. The molecule has 0 radical (unpaired) electrons. The van der Waals surface area contributed by atoms with E-state index in [9.17, 15) is 5.11 Å². The minimum Gasteiger partial charge on any atom is -0.389 e. The fraction of sp³-hybridized carbons (Fsp3) is 1.00. The third-order valence-electron chi connectivity index (χ3n) is 3.54. The number of rotatable bonds is 2. The van der Waals surface area contributed by atoms with Gasteiger partial charge in [-0.05, 0) is 46.1 Å². The average Bonchev–Trinajstić information content (AvgIpc) is 2.49. The van der Waals surface area contributed by atoms with E-state index in [4.69, 9.17) is 4.74 Å². The summed E-state index contributed by atoms with van der Waals surface area (Å²) in [6, 6.07) is 0. The van der Waals surface area contributed by atoms with E-state index in [1.165, 1.54) is 12.8 Å². The summed E-state index contributed by atoms with van der Waals surface area (Å²) in [7, 11) is 0. The summed E-state index contributed by atoms with van der Waals surface area (Å²) >= 11 is 0. The maximum atomic E-state index is 9.99. The zero-order chi connectivity index (χ0) is 10.9. The molecular weight excluding hydrogens is 190 g/mol. The Bertz CT molecular complexity index is 218. The molecule has 3 atom stereocenters. The van der Waals surface area contributed by atoms with Gasteiger partial charge in [0.05, 0.1) is 17.8 Å². The molecule has 0 aromatic rings. The number of β-amino-alcohol motifs (C(OH)–C–C–N with tert-alkyl or cyclic N) is 1. The summed E-state index contributed by atoms with van der Waals surface area (Å²) < 4.78 is 5.81. The summed E-state index contributed by atoms with van der Waals surface area (Å²) in [5, 5.41) is 9.99. The molecule has 0 aromatic heterocycles. The van der Waals surface area contributed by atoms with Gasteiger partial charge in [0, 0.05) is 13.1 Å². The van der Waals surface area contributed by atoms with Crippen LogP contribution in [0, 0.1) is 0 Å². The second-order valence-electron chi connectivity index (χ2n) is 5.48. The Balaban J connectivity index is 1.79. The molecule has 2 rings (SSSR count). The van der Waals surface area contributed by atoms with Gasteiger partial charge >= 0.3 is 0 Å². The molecule has 0 aliphatic carbocycles. The van der Waals surface area contributed by atoms with Crippen LogP contribution in [0.3, 0.4) is 0 Å². The summed E-state index contributed by atoms with van der Waals surface area (Å²) in [6.07, 6.45) is 5.24. The van der Waals surface area contributed by atoms with Crippen LogP contribution >= 0.6 is 0 Å². The van der Waals surface area contributed by atoms with E-state index in [0.717, 1.165) is 32.5 Å². The summed E-state index contributed by atoms with van der Waals surface area (Å²) in [6.45, 7) is 7.01. The van der Waals surface area contributed by atoms with Gasteiger partial charge in [-0.3, -0.25) is 4.90 Å². The van der Waals surface area contributed by atoms with Gasteiger partial charge in [0.1, 0.15) is 0 Å². The first kappa shape index (κ1) is 11.4. The van der Waals surface area contributed by atoms with Crippen molar-refractivity contribution in [3.63, 3.8) is 0 Å². The van der Waals surface area contributed by atoms with Gasteiger partial charge in [0.25, 0.3) is 0 Å². The second kappa shape index (κ2) is 4.40. The largest absolute Gasteiger partial charge is 0.389 e. The van der Waals surface area contributed by atoms with Gasteiger partial charge in [-0.2, -0.15) is 0 Å². The van der Waals surface area contributed by atoms with E-state index < -0.39 is 5.60 Å². The normalized spacial score (nSPS) is 43.4. The van der Waals surface area contributed by atoms with Crippen molar-refractivity contribution in [2.45, 2.75) is 57.3 Å². The predicted molar refractivity (Wildman–Crippen MR) is 59.9 cm³/mol. The molecule has 2 fully saturated rings. The number of aliphatic hydroxyl groups is 1. The maximum Gasteiger partial charge on any atom is 0.0746 e. The number of nitrogens with zero attached hydrogens (tertiary/aromatic N) is 1. The average molecular weight is 213 g/mol. The van der Waals surface area contributed by atoms with Crippen LogP contribution in [-0.2, 0) is 4.74 Å². The minimum absolute atomic E-state index is 0.397. The van der Waals surface area contributed by atoms with Crippen LogP contribution in [0.5, 0.6) is 0 Å². The highest BCUT2D eigenvalue weighted by molar-refractivity contribution is 4.85. The SMILES string of the molecule is CC1CCC(CN2CCCC(C)(O)C2)O1. The maximum absolute atomic E-state index is 9.99. The fourth-order valence-corrected chi connectivity index (χ4v) is 2.79. The van der Waals surface area contributed by atoms with E-state index in [1.807, 2.05) is 6.92 Å². The molecule has 1 N–H and O–H groups in total. The van der Waals surface area contributed by atoms with Crippen LogP contribution in [0.4, 0.5) is 0 Å². The Morgan fingerprint density at radius 3 is 2.87 bits per heavy atom. The molecule has 15 heavy (non-hydrogen) atoms. The molecule has 88 valence electrons. The lowest BCUT2D eigenvalue weighted by molar-refractivity contribution is -0.0370. The lowest BCUT2D eigenvalue weighted by Gasteiger charge is -2.37. The number of hydrogen-bond donors (Lipinski definition) is 1. The molecule has 0 spiro atoms. The van der Waals surface area contributed by atoms with Crippen molar-refractivity contribution in [2.24, 2.45) is 0 Å². The van der Waals surface area contributed by atoms with Crippen molar-refractivity contribution < 1.29 is 9.84 Å². The van der Waals surface area contributed by atoms with Crippen LogP contribution in [0.1, 0.15) is 39.5 Å². The van der Waals surface area contributed by atoms with Gasteiger partial charge in [-0.15, -0.1) is 0 Å². The Morgan fingerprint density at radius 2 is 2.27 bits per heavy atom. The quantitative estimate of drug-likeness (QED) is 0.752. The molecule has 2 aliphatic heterocycles. The standard InChI is InChI=1S/C12H23NO2/c1-10-4-5-11(15-10)8-13-7-3-6-12(2,14)9-13/h10-11,14H,3-9H2,1-2H3. The molecule has 2 saturated heterocycles. The van der Waals surface area contributed by atoms with Crippen molar-refractivity contribution >= 4 is 0 Å². The van der Waals surface area contributed by atoms with E-state index in [0.29, 0.717) is 12.2 Å². The minimum atomic E-state index is -0.484. The van der Waals surface area contributed by atoms with Crippen LogP contribution in [0.2, 0.25) is 0 Å². The van der Waals surface area contributed by atoms with Gasteiger partial charge < -0.3 is 9.84 Å². The van der Waals surface area contributed by atoms with Crippen molar-refractivity contribution in [3.05, 3.63) is 0 Å². The number of ether oxygens (including phenoxy) is 1. The first-order valence-corrected chi connectivity index (χ1v) is 6.15. The van der Waals surface area contributed by atoms with Gasteiger partial charge in [0.2, 0.25) is 0 Å². The van der Waals surface area contributed by atoms with Crippen molar-refractivity contribution in [1.82, 2.24) is 4.90 Å². The lowest BCUT2D eigenvalue weighted by Crippen LogP contribution is -2.48. The van der Waals surface area contributed by atoms with Gasteiger partial charge in [0.15, 0.2) is 0 Å². The van der Waals surface area contributed by atoms with Crippen molar-refractivity contribution in [2.75, 3.05) is 19.6 Å². The van der Waals surface area contributed by atoms with Gasteiger partial charge in [-0.25, -0.2) is 0 Å². The summed E-state index contributed by atoms with van der Waals surface area (Å²) in [5.74, 6) is 0. The van der Waals surface area contributed by atoms with E-state index in [-0.39, 0.29) is 0 Å². The molecule has 0 bridgehead atoms. The smallest absolute Gasteiger partial charge is 0.0746 e. The molecule has 3 unspecified atom stereocenters. The third kappa shape index (κ3) is 3.16. The number of hydrogen-bond acceptors (Lipinski definition) is 3. The Kier molecular flexibility index (Phi) is 3.33. The van der Waals surface area contributed by atoms with Crippen LogP contribution < -0.4 is 0 Å². The molecule has 2 heterocycles. The van der Waals surface area contributed by atoms with E-state index >= 15 is 0 Å². The molecule has 3 nitrogen and oxygen atoms in total.